The van der Waals surface area contributed by atoms with Crippen molar-refractivity contribution >= 4 is 21.9 Å². The van der Waals surface area contributed by atoms with Crippen LogP contribution in [0.25, 0.3) is 0 Å². The second kappa shape index (κ2) is 7.13. The number of nitrogens with zero attached hydrogens (tertiary/aromatic N) is 1. The number of aromatic hydroxyl groups is 1. The van der Waals surface area contributed by atoms with E-state index in [4.69, 9.17) is 4.74 Å². The van der Waals surface area contributed by atoms with Gasteiger partial charge in [-0.1, -0.05) is 6.42 Å². The zero-order valence-corrected chi connectivity index (χ0v) is 13.6. The van der Waals surface area contributed by atoms with Crippen LogP contribution in [0.1, 0.15) is 31.7 Å². The van der Waals surface area contributed by atoms with Gasteiger partial charge in [0.2, 0.25) is 0 Å². The Hall–Kier alpha value is -1.27. The van der Waals surface area contributed by atoms with Crippen molar-refractivity contribution in [2.24, 2.45) is 0 Å². The highest BCUT2D eigenvalue weighted by Gasteiger charge is 2.28. The van der Waals surface area contributed by atoms with E-state index in [2.05, 4.69) is 15.9 Å². The van der Waals surface area contributed by atoms with E-state index in [0.29, 0.717) is 29.8 Å². The van der Waals surface area contributed by atoms with Gasteiger partial charge in [-0.05, 0) is 59.9 Å². The molecule has 1 aromatic rings. The molecule has 2 N–H and O–H groups in total. The Morgan fingerprint density at radius 2 is 2.24 bits per heavy atom. The predicted molar refractivity (Wildman–Crippen MR) is 82.7 cm³/mol. The van der Waals surface area contributed by atoms with Gasteiger partial charge in [-0.2, -0.15) is 0 Å². The maximum Gasteiger partial charge on any atom is 0.320 e. The van der Waals surface area contributed by atoms with Gasteiger partial charge in [0.1, 0.15) is 6.04 Å². The van der Waals surface area contributed by atoms with Gasteiger partial charge in [-0.25, -0.2) is 0 Å². The molecular weight excluding hydrogens is 338 g/mol. The van der Waals surface area contributed by atoms with Crippen molar-refractivity contribution in [2.75, 3.05) is 13.2 Å². The van der Waals surface area contributed by atoms with Crippen molar-refractivity contribution in [1.82, 2.24) is 4.90 Å². The lowest BCUT2D eigenvalue weighted by molar-refractivity contribution is -0.144. The largest absolute Gasteiger partial charge is 0.503 e. The number of carboxylic acid groups (broad SMARTS) is 1. The molecule has 1 aromatic carbocycles. The summed E-state index contributed by atoms with van der Waals surface area (Å²) in [6, 6.07) is 3.16. The standard InChI is InChI=1S/C15H20BrNO4/c1-2-21-13-8-10(7-11(16)14(13)18)9-17-6-4-3-5-12(17)15(19)20/h7-8,12,18H,2-6,9H2,1H3,(H,19,20). The first-order chi connectivity index (χ1) is 10.0. The third kappa shape index (κ3) is 3.89. The Kier molecular flexibility index (Phi) is 5.47. The van der Waals surface area contributed by atoms with Crippen LogP contribution in [0.2, 0.25) is 0 Å². The van der Waals surface area contributed by atoms with Gasteiger partial charge in [0.05, 0.1) is 11.1 Å². The molecular formula is C15H20BrNO4. The quantitative estimate of drug-likeness (QED) is 0.847. The van der Waals surface area contributed by atoms with Crippen LogP contribution in [-0.4, -0.2) is 40.3 Å². The summed E-state index contributed by atoms with van der Waals surface area (Å²) in [5, 5.41) is 19.2. The minimum atomic E-state index is -0.766. The molecule has 0 spiro atoms. The van der Waals surface area contributed by atoms with E-state index < -0.39 is 12.0 Å². The molecule has 116 valence electrons. The molecule has 5 nitrogen and oxygen atoms in total. The van der Waals surface area contributed by atoms with Crippen LogP contribution in [0, 0.1) is 0 Å². The number of phenols is 1. The third-order valence-electron chi connectivity index (χ3n) is 3.67. The molecule has 0 bridgehead atoms. The molecule has 1 fully saturated rings. The highest BCUT2D eigenvalue weighted by atomic mass is 79.9. The lowest BCUT2D eigenvalue weighted by atomic mass is 10.0. The number of likely N-dealkylation sites (tertiary alicyclic amines) is 1. The van der Waals surface area contributed by atoms with Crippen molar-refractivity contribution in [1.29, 1.82) is 0 Å². The van der Waals surface area contributed by atoms with Crippen LogP contribution < -0.4 is 4.74 Å². The summed E-state index contributed by atoms with van der Waals surface area (Å²) in [5.74, 6) is -0.266. The molecule has 0 radical (unpaired) electrons. The molecule has 0 saturated carbocycles. The zero-order chi connectivity index (χ0) is 15.4. The molecule has 1 atom stereocenters. The number of carbonyl (C=O) groups is 1. The van der Waals surface area contributed by atoms with Gasteiger partial charge < -0.3 is 14.9 Å². The Bertz CT molecular complexity index is 521. The summed E-state index contributed by atoms with van der Waals surface area (Å²) in [6.07, 6.45) is 2.66. The average Bonchev–Trinajstić information content (AvgIpc) is 2.45. The predicted octanol–water partition coefficient (Wildman–Crippen LogP) is 2.99. The normalized spacial score (nSPS) is 19.4. The average molecular weight is 358 g/mol. The van der Waals surface area contributed by atoms with Crippen LogP contribution >= 0.6 is 15.9 Å². The molecule has 6 heteroatoms. The lowest BCUT2D eigenvalue weighted by Crippen LogP contribution is -2.43. The monoisotopic (exact) mass is 357 g/mol. The summed E-state index contributed by atoms with van der Waals surface area (Å²) in [6.45, 7) is 3.63. The fraction of sp³-hybridized carbons (Fsp3) is 0.533. The lowest BCUT2D eigenvalue weighted by Gasteiger charge is -2.33. The summed E-state index contributed by atoms with van der Waals surface area (Å²) in [5.41, 5.74) is 0.927. The Morgan fingerprint density at radius 3 is 2.90 bits per heavy atom. The van der Waals surface area contributed by atoms with E-state index in [-0.39, 0.29) is 5.75 Å². The van der Waals surface area contributed by atoms with E-state index >= 15 is 0 Å². The van der Waals surface area contributed by atoms with Gasteiger partial charge in [0.15, 0.2) is 11.5 Å². The van der Waals surface area contributed by atoms with Crippen molar-refractivity contribution in [2.45, 2.75) is 38.8 Å². The number of piperidine rings is 1. The fourth-order valence-corrected chi connectivity index (χ4v) is 3.17. The third-order valence-corrected chi connectivity index (χ3v) is 4.28. The number of rotatable bonds is 5. The van der Waals surface area contributed by atoms with Crippen LogP contribution in [0.4, 0.5) is 0 Å². The molecule has 0 amide bonds. The molecule has 1 saturated heterocycles. The van der Waals surface area contributed by atoms with Gasteiger partial charge in [0.25, 0.3) is 0 Å². The Labute approximate surface area is 132 Å². The van der Waals surface area contributed by atoms with Crippen molar-refractivity contribution in [3.05, 3.63) is 22.2 Å². The molecule has 1 unspecified atom stereocenters. The van der Waals surface area contributed by atoms with Crippen LogP contribution in [0.3, 0.4) is 0 Å². The maximum atomic E-state index is 11.3. The van der Waals surface area contributed by atoms with Crippen LogP contribution in [0.5, 0.6) is 11.5 Å². The molecule has 1 heterocycles. The number of ether oxygens (including phenoxy) is 1. The first-order valence-electron chi connectivity index (χ1n) is 7.14. The molecule has 0 aromatic heterocycles. The topological polar surface area (TPSA) is 70.0 Å². The molecule has 0 aliphatic carbocycles. The van der Waals surface area contributed by atoms with Crippen LogP contribution in [0.15, 0.2) is 16.6 Å². The summed E-state index contributed by atoms with van der Waals surface area (Å²) in [4.78, 5) is 13.3. The molecule has 1 aliphatic heterocycles. The summed E-state index contributed by atoms with van der Waals surface area (Å²) < 4.78 is 5.97. The highest BCUT2D eigenvalue weighted by Crippen LogP contribution is 2.36. The van der Waals surface area contributed by atoms with E-state index in [9.17, 15) is 15.0 Å². The van der Waals surface area contributed by atoms with E-state index in [1.54, 1.807) is 6.07 Å². The van der Waals surface area contributed by atoms with E-state index in [1.165, 1.54) is 0 Å². The molecule has 2 rings (SSSR count). The van der Waals surface area contributed by atoms with E-state index in [1.807, 2.05) is 17.9 Å². The minimum absolute atomic E-state index is 0.0778. The highest BCUT2D eigenvalue weighted by molar-refractivity contribution is 9.10. The smallest absolute Gasteiger partial charge is 0.320 e. The number of halogens is 1. The Morgan fingerprint density at radius 1 is 1.48 bits per heavy atom. The van der Waals surface area contributed by atoms with Gasteiger partial charge in [-0.3, -0.25) is 9.69 Å². The second-order valence-electron chi connectivity index (χ2n) is 5.18. The summed E-state index contributed by atoms with van der Waals surface area (Å²) in [7, 11) is 0. The van der Waals surface area contributed by atoms with Crippen molar-refractivity contribution < 1.29 is 19.7 Å². The van der Waals surface area contributed by atoms with Gasteiger partial charge in [0, 0.05) is 6.54 Å². The Balaban J connectivity index is 2.19. The minimum Gasteiger partial charge on any atom is -0.503 e. The number of hydrogen-bond acceptors (Lipinski definition) is 4. The number of benzene rings is 1. The maximum absolute atomic E-state index is 11.3. The number of phenolic OH excluding ortho intramolecular Hbond substituents is 1. The van der Waals surface area contributed by atoms with Crippen molar-refractivity contribution in [3.8, 4) is 11.5 Å². The summed E-state index contributed by atoms with van der Waals surface area (Å²) >= 11 is 3.31. The van der Waals surface area contributed by atoms with E-state index in [0.717, 1.165) is 24.9 Å². The second-order valence-corrected chi connectivity index (χ2v) is 6.03. The fourth-order valence-electron chi connectivity index (χ4n) is 2.68. The molecule has 21 heavy (non-hydrogen) atoms. The van der Waals surface area contributed by atoms with Crippen LogP contribution in [-0.2, 0) is 11.3 Å². The van der Waals surface area contributed by atoms with Gasteiger partial charge >= 0.3 is 5.97 Å². The zero-order valence-electron chi connectivity index (χ0n) is 12.0. The number of carboxylic acids is 1. The number of aliphatic carboxylic acids is 1. The van der Waals surface area contributed by atoms with Gasteiger partial charge in [-0.15, -0.1) is 0 Å². The number of hydrogen-bond donors (Lipinski definition) is 2. The SMILES string of the molecule is CCOc1cc(CN2CCCCC2C(=O)O)cc(Br)c1O. The molecule has 1 aliphatic rings. The first-order valence-corrected chi connectivity index (χ1v) is 7.93. The first kappa shape index (κ1) is 16.1. The van der Waals surface area contributed by atoms with Crippen molar-refractivity contribution in [3.63, 3.8) is 0 Å².